The molecule has 3 rings (SSSR count). The van der Waals surface area contributed by atoms with E-state index in [1.807, 2.05) is 31.2 Å². The fourth-order valence-electron chi connectivity index (χ4n) is 2.64. The van der Waals surface area contributed by atoms with Gasteiger partial charge in [0.25, 0.3) is 0 Å². The highest BCUT2D eigenvalue weighted by molar-refractivity contribution is 5.72. The van der Waals surface area contributed by atoms with Crippen molar-refractivity contribution in [2.24, 2.45) is 0 Å². The maximum atomic E-state index is 12.1. The zero-order valence-corrected chi connectivity index (χ0v) is 15.6. The molecule has 2 aromatic carbocycles. The number of nitrogens with zero attached hydrogens (tertiary/aromatic N) is 1. The molecule has 0 aliphatic heterocycles. The number of nitriles is 1. The Balaban J connectivity index is 1.68. The summed E-state index contributed by atoms with van der Waals surface area (Å²) in [6.45, 7) is 3.97. The number of aryl methyl sites for hydroxylation is 2. The summed E-state index contributed by atoms with van der Waals surface area (Å²) in [7, 11) is 0. The highest BCUT2D eigenvalue weighted by Gasteiger charge is 2.15. The van der Waals surface area contributed by atoms with Gasteiger partial charge in [-0.25, -0.2) is 4.79 Å². The van der Waals surface area contributed by atoms with Gasteiger partial charge in [0, 0.05) is 11.6 Å². The second kappa shape index (κ2) is 8.78. The van der Waals surface area contributed by atoms with E-state index in [1.54, 1.807) is 31.6 Å². The average Bonchev–Trinajstić information content (AvgIpc) is 3.20. The van der Waals surface area contributed by atoms with E-state index in [-0.39, 0.29) is 17.7 Å². The first-order valence-corrected chi connectivity index (χ1v) is 8.67. The number of furan rings is 1. The van der Waals surface area contributed by atoms with Crippen LogP contribution in [0.5, 0.6) is 11.5 Å². The van der Waals surface area contributed by atoms with Crippen molar-refractivity contribution in [3.8, 4) is 17.6 Å². The van der Waals surface area contributed by atoms with Crippen LogP contribution < -0.4 is 9.62 Å². The molecule has 0 aliphatic rings. The zero-order chi connectivity index (χ0) is 19.9. The number of hydrogen-bond acceptors (Lipinski definition) is 6. The van der Waals surface area contributed by atoms with E-state index in [0.717, 1.165) is 16.7 Å². The molecular weight excluding hydrogens is 358 g/mol. The normalized spacial score (nSPS) is 10.2. The monoisotopic (exact) mass is 377 g/mol. The molecule has 0 spiro atoms. The van der Waals surface area contributed by atoms with E-state index >= 15 is 0 Å². The molecule has 1 aromatic heterocycles. The molecule has 28 heavy (non-hydrogen) atoms. The van der Waals surface area contributed by atoms with E-state index in [2.05, 4.69) is 6.07 Å². The van der Waals surface area contributed by atoms with E-state index in [4.69, 9.17) is 18.9 Å². The van der Waals surface area contributed by atoms with Crippen molar-refractivity contribution in [3.05, 3.63) is 82.8 Å². The van der Waals surface area contributed by atoms with Gasteiger partial charge in [-0.15, -0.1) is 0 Å². The molecule has 0 aliphatic carbocycles. The van der Waals surface area contributed by atoms with E-state index < -0.39 is 5.97 Å². The van der Waals surface area contributed by atoms with Crippen LogP contribution in [0.3, 0.4) is 0 Å². The average molecular weight is 377 g/mol. The van der Waals surface area contributed by atoms with Gasteiger partial charge in [-0.3, -0.25) is 9.78 Å². The fourth-order valence-corrected chi connectivity index (χ4v) is 2.64. The molecule has 0 saturated carbocycles. The number of carbonyl (C=O) groups is 1. The van der Waals surface area contributed by atoms with Crippen LogP contribution in [0.4, 0.5) is 0 Å². The van der Waals surface area contributed by atoms with Crippen LogP contribution in [0.25, 0.3) is 0 Å². The van der Waals surface area contributed by atoms with Crippen LogP contribution in [-0.2, 0) is 22.7 Å². The second-order valence-electron chi connectivity index (χ2n) is 6.29. The maximum absolute atomic E-state index is 12.1. The van der Waals surface area contributed by atoms with Gasteiger partial charge in [-0.1, -0.05) is 24.3 Å². The number of benzene rings is 2. The van der Waals surface area contributed by atoms with Crippen molar-refractivity contribution in [1.29, 1.82) is 5.26 Å². The number of carbonyl (C=O) groups excluding carboxylic acids is 1. The van der Waals surface area contributed by atoms with Gasteiger partial charge < -0.3 is 9.15 Å². The largest absolute Gasteiger partial charge is 0.489 e. The van der Waals surface area contributed by atoms with Crippen LogP contribution in [0.1, 0.15) is 27.8 Å². The second-order valence-corrected chi connectivity index (χ2v) is 6.29. The van der Waals surface area contributed by atoms with Gasteiger partial charge in [0.1, 0.15) is 24.0 Å². The Bertz CT molecular complexity index is 1000. The summed E-state index contributed by atoms with van der Waals surface area (Å²) >= 11 is 0. The third-order valence-corrected chi connectivity index (χ3v) is 4.19. The van der Waals surface area contributed by atoms with Gasteiger partial charge in [0.15, 0.2) is 5.75 Å². The molecule has 3 aromatic rings. The summed E-state index contributed by atoms with van der Waals surface area (Å²) in [6, 6.07) is 14.6. The molecule has 0 amide bonds. The van der Waals surface area contributed by atoms with E-state index in [9.17, 15) is 10.1 Å². The Morgan fingerprint density at radius 3 is 2.68 bits per heavy atom. The van der Waals surface area contributed by atoms with Crippen molar-refractivity contribution in [2.45, 2.75) is 26.9 Å². The van der Waals surface area contributed by atoms with Gasteiger partial charge >= 0.3 is 5.97 Å². The SMILES string of the molecule is Cc1ccccc1CC(=O)OOc1cc(OCc2ccoc2)cc(C)c1C#N. The minimum Gasteiger partial charge on any atom is -0.489 e. The standard InChI is InChI=1S/C22H19NO5/c1-15-5-3-4-6-18(15)10-22(24)28-27-21-11-19(9-16(2)20(21)12-23)26-14-17-7-8-25-13-17/h3-9,11,13H,10,14H2,1-2H3. The molecule has 0 bridgehead atoms. The lowest BCUT2D eigenvalue weighted by Gasteiger charge is -2.11. The zero-order valence-electron chi connectivity index (χ0n) is 15.6. The van der Waals surface area contributed by atoms with Crippen molar-refractivity contribution < 1.29 is 23.7 Å². The lowest BCUT2D eigenvalue weighted by Crippen LogP contribution is -2.12. The third-order valence-electron chi connectivity index (χ3n) is 4.19. The summed E-state index contributed by atoms with van der Waals surface area (Å²) in [4.78, 5) is 22.2. The van der Waals surface area contributed by atoms with Crippen molar-refractivity contribution in [3.63, 3.8) is 0 Å². The molecular formula is C22H19NO5. The lowest BCUT2D eigenvalue weighted by atomic mass is 10.1. The summed E-state index contributed by atoms with van der Waals surface area (Å²) < 4.78 is 10.7. The van der Waals surface area contributed by atoms with Gasteiger partial charge in [0.2, 0.25) is 0 Å². The molecule has 6 nitrogen and oxygen atoms in total. The van der Waals surface area contributed by atoms with E-state index in [0.29, 0.717) is 17.9 Å². The Morgan fingerprint density at radius 2 is 1.96 bits per heavy atom. The summed E-state index contributed by atoms with van der Waals surface area (Å²) in [5, 5.41) is 9.38. The Morgan fingerprint density at radius 1 is 1.14 bits per heavy atom. The molecule has 0 saturated heterocycles. The fraction of sp³-hybridized carbons (Fsp3) is 0.182. The van der Waals surface area contributed by atoms with Crippen LogP contribution >= 0.6 is 0 Å². The Kier molecular flexibility index (Phi) is 5.97. The van der Waals surface area contributed by atoms with Crippen molar-refractivity contribution >= 4 is 5.97 Å². The first kappa shape index (κ1) is 19.1. The van der Waals surface area contributed by atoms with Gasteiger partial charge in [-0.2, -0.15) is 5.26 Å². The maximum Gasteiger partial charge on any atom is 0.359 e. The molecule has 0 N–H and O–H groups in total. The smallest absolute Gasteiger partial charge is 0.359 e. The van der Waals surface area contributed by atoms with Crippen LogP contribution in [-0.4, -0.2) is 5.97 Å². The Hall–Kier alpha value is -3.72. The molecule has 0 radical (unpaired) electrons. The molecule has 1 heterocycles. The van der Waals surface area contributed by atoms with Gasteiger partial charge in [0.05, 0.1) is 18.9 Å². The first-order chi connectivity index (χ1) is 13.6. The predicted octanol–water partition coefficient (Wildman–Crippen LogP) is 4.43. The summed E-state index contributed by atoms with van der Waals surface area (Å²) in [5.41, 5.74) is 3.64. The summed E-state index contributed by atoms with van der Waals surface area (Å²) in [5.74, 6) is 0.0611. The summed E-state index contributed by atoms with van der Waals surface area (Å²) in [6.07, 6.45) is 3.22. The minimum absolute atomic E-state index is 0.0736. The van der Waals surface area contributed by atoms with Gasteiger partial charge in [-0.05, 0) is 42.7 Å². The van der Waals surface area contributed by atoms with Crippen LogP contribution in [0, 0.1) is 25.2 Å². The highest BCUT2D eigenvalue weighted by atomic mass is 17.2. The molecule has 0 atom stereocenters. The minimum atomic E-state index is -0.555. The lowest BCUT2D eigenvalue weighted by molar-refractivity contribution is -0.213. The quantitative estimate of drug-likeness (QED) is 0.448. The first-order valence-electron chi connectivity index (χ1n) is 8.67. The van der Waals surface area contributed by atoms with Crippen LogP contribution in [0.15, 0.2) is 59.4 Å². The molecule has 0 fully saturated rings. The topological polar surface area (TPSA) is 81.7 Å². The van der Waals surface area contributed by atoms with Crippen molar-refractivity contribution in [1.82, 2.24) is 0 Å². The van der Waals surface area contributed by atoms with Crippen LogP contribution in [0.2, 0.25) is 0 Å². The number of ether oxygens (including phenoxy) is 1. The highest BCUT2D eigenvalue weighted by Crippen LogP contribution is 2.29. The predicted molar refractivity (Wildman–Crippen MR) is 101 cm³/mol. The number of rotatable bonds is 7. The molecule has 6 heteroatoms. The Labute approximate surface area is 162 Å². The molecule has 0 unspecified atom stereocenters. The third kappa shape index (κ3) is 4.71. The van der Waals surface area contributed by atoms with E-state index in [1.165, 1.54) is 6.07 Å². The number of hydrogen-bond donors (Lipinski definition) is 0. The molecule has 142 valence electrons. The van der Waals surface area contributed by atoms with Crippen molar-refractivity contribution in [2.75, 3.05) is 0 Å².